The Morgan fingerprint density at radius 1 is 1.14 bits per heavy atom. The summed E-state index contributed by atoms with van der Waals surface area (Å²) in [6, 6.07) is 8.62. The number of aryl methyl sites for hydroxylation is 1. The molecule has 0 saturated heterocycles. The smallest absolute Gasteiger partial charge is 0.275 e. The minimum Gasteiger partial charge on any atom is -0.364 e. The van der Waals surface area contributed by atoms with Crippen LogP contribution in [0, 0.1) is 19.8 Å². The highest BCUT2D eigenvalue weighted by molar-refractivity contribution is 6.10. The SMILES string of the molecule is CCN1C(=O)C(C)(OC)c2cc3c(C)nnc(NC(C)c4cccc(C(F)(F)C(C)C)c4C)c3cc21. The van der Waals surface area contributed by atoms with Crippen molar-refractivity contribution in [2.45, 2.75) is 66.0 Å². The first-order chi connectivity index (χ1) is 16.9. The summed E-state index contributed by atoms with van der Waals surface area (Å²) in [5.74, 6) is -3.33. The van der Waals surface area contributed by atoms with Gasteiger partial charge in [-0.1, -0.05) is 32.0 Å². The third-order valence-corrected chi connectivity index (χ3v) is 7.54. The van der Waals surface area contributed by atoms with Crippen molar-refractivity contribution in [2.24, 2.45) is 5.92 Å². The van der Waals surface area contributed by atoms with E-state index in [4.69, 9.17) is 4.74 Å². The molecular weight excluding hydrogens is 462 g/mol. The summed E-state index contributed by atoms with van der Waals surface area (Å²) < 4.78 is 35.5. The molecule has 2 heterocycles. The van der Waals surface area contributed by atoms with E-state index in [-0.39, 0.29) is 17.5 Å². The zero-order chi connectivity index (χ0) is 26.6. The Bertz CT molecular complexity index is 1340. The third kappa shape index (κ3) is 3.82. The first-order valence-corrected chi connectivity index (χ1v) is 12.3. The number of nitrogens with zero attached hydrogens (tertiary/aromatic N) is 3. The zero-order valence-electron chi connectivity index (χ0n) is 22.2. The number of benzene rings is 2. The molecule has 1 aromatic heterocycles. The lowest BCUT2D eigenvalue weighted by Gasteiger charge is -2.26. The van der Waals surface area contributed by atoms with Gasteiger partial charge in [-0.05, 0) is 57.9 Å². The van der Waals surface area contributed by atoms with Crippen LogP contribution in [-0.2, 0) is 21.1 Å². The van der Waals surface area contributed by atoms with Crippen LogP contribution >= 0.6 is 0 Å². The summed E-state index contributed by atoms with van der Waals surface area (Å²) in [4.78, 5) is 14.9. The van der Waals surface area contributed by atoms with Crippen LogP contribution < -0.4 is 10.2 Å². The topological polar surface area (TPSA) is 67.4 Å². The van der Waals surface area contributed by atoms with E-state index >= 15 is 0 Å². The number of hydrogen-bond donors (Lipinski definition) is 1. The molecule has 1 amide bonds. The number of carbonyl (C=O) groups excluding carboxylic acids is 1. The summed E-state index contributed by atoms with van der Waals surface area (Å²) in [6.07, 6.45) is 0. The number of anilines is 2. The highest BCUT2D eigenvalue weighted by atomic mass is 19.3. The second-order valence-electron chi connectivity index (χ2n) is 10.00. The Morgan fingerprint density at radius 2 is 1.83 bits per heavy atom. The van der Waals surface area contributed by atoms with Crippen LogP contribution in [0.15, 0.2) is 30.3 Å². The second kappa shape index (κ2) is 9.07. The van der Waals surface area contributed by atoms with Gasteiger partial charge in [0.1, 0.15) is 0 Å². The lowest BCUT2D eigenvalue weighted by molar-refractivity contribution is -0.137. The van der Waals surface area contributed by atoms with Crippen LogP contribution in [-0.4, -0.2) is 29.8 Å². The zero-order valence-corrected chi connectivity index (χ0v) is 22.2. The minimum absolute atomic E-state index is 0.0391. The molecule has 0 bridgehead atoms. The van der Waals surface area contributed by atoms with Gasteiger partial charge in [-0.2, -0.15) is 5.10 Å². The predicted octanol–water partition coefficient (Wildman–Crippen LogP) is 6.40. The molecule has 1 aliphatic heterocycles. The Kier molecular flexibility index (Phi) is 6.54. The lowest BCUT2D eigenvalue weighted by atomic mass is 9.89. The van der Waals surface area contributed by atoms with Crippen LogP contribution in [0.25, 0.3) is 10.8 Å². The van der Waals surface area contributed by atoms with E-state index in [2.05, 4.69) is 15.5 Å². The maximum atomic E-state index is 14.9. The van der Waals surface area contributed by atoms with Gasteiger partial charge in [0.05, 0.1) is 17.4 Å². The fourth-order valence-electron chi connectivity index (χ4n) is 5.10. The number of aromatic nitrogens is 2. The van der Waals surface area contributed by atoms with E-state index in [1.54, 1.807) is 24.8 Å². The monoisotopic (exact) mass is 496 g/mol. The fraction of sp³-hybridized carbons (Fsp3) is 0.464. The summed E-state index contributed by atoms with van der Waals surface area (Å²) in [6.45, 7) is 12.8. The molecule has 0 saturated carbocycles. The molecule has 2 aromatic carbocycles. The van der Waals surface area contributed by atoms with Gasteiger partial charge in [0, 0.05) is 41.5 Å². The Morgan fingerprint density at radius 3 is 2.44 bits per heavy atom. The van der Waals surface area contributed by atoms with Gasteiger partial charge in [-0.15, -0.1) is 5.10 Å². The number of halogens is 2. The quantitative estimate of drug-likeness (QED) is 0.410. The van der Waals surface area contributed by atoms with Gasteiger partial charge in [0.25, 0.3) is 11.8 Å². The molecule has 2 unspecified atom stereocenters. The predicted molar refractivity (Wildman–Crippen MR) is 139 cm³/mol. The third-order valence-electron chi connectivity index (χ3n) is 7.54. The van der Waals surface area contributed by atoms with Crippen LogP contribution in [0.3, 0.4) is 0 Å². The number of nitrogens with one attached hydrogen (secondary N) is 1. The fourth-order valence-corrected chi connectivity index (χ4v) is 5.10. The highest BCUT2D eigenvalue weighted by Gasteiger charge is 2.47. The van der Waals surface area contributed by atoms with Crippen molar-refractivity contribution in [1.29, 1.82) is 0 Å². The largest absolute Gasteiger partial charge is 0.364 e. The number of rotatable bonds is 7. The Balaban J connectivity index is 1.81. The molecule has 6 nitrogen and oxygen atoms in total. The summed E-state index contributed by atoms with van der Waals surface area (Å²) in [5, 5.41) is 13.8. The van der Waals surface area contributed by atoms with Crippen LogP contribution in [0.5, 0.6) is 0 Å². The lowest BCUT2D eigenvalue weighted by Crippen LogP contribution is -2.39. The molecule has 0 spiro atoms. The van der Waals surface area contributed by atoms with Gasteiger partial charge >= 0.3 is 0 Å². The molecule has 0 aliphatic carbocycles. The van der Waals surface area contributed by atoms with Gasteiger partial charge in [-0.3, -0.25) is 4.79 Å². The molecule has 192 valence electrons. The number of fused-ring (bicyclic) bond motifs is 2. The molecule has 8 heteroatoms. The van der Waals surface area contributed by atoms with Gasteiger partial charge in [0.2, 0.25) is 0 Å². The van der Waals surface area contributed by atoms with E-state index in [0.717, 1.165) is 33.3 Å². The number of hydrogen-bond acceptors (Lipinski definition) is 5. The Hall–Kier alpha value is -3.13. The standard InChI is InChI=1S/C28H34F2N4O2/c1-9-34-24-14-21-20(13-23(24)27(7,36-8)26(34)35)18(6)32-33-25(21)31-17(5)19-11-10-12-22(16(19)4)28(29,30)15(2)3/h10-15,17H,9H2,1-8H3,(H,31,33). The number of methoxy groups -OCH3 is 1. The molecule has 3 aromatic rings. The van der Waals surface area contributed by atoms with Crippen LogP contribution in [0.1, 0.15) is 68.6 Å². The Labute approximate surface area is 211 Å². The van der Waals surface area contributed by atoms with Crippen molar-refractivity contribution in [1.82, 2.24) is 10.2 Å². The van der Waals surface area contributed by atoms with Gasteiger partial charge in [-0.25, -0.2) is 8.78 Å². The van der Waals surface area contributed by atoms with E-state index < -0.39 is 17.4 Å². The number of likely N-dealkylation sites (N-methyl/N-ethyl adjacent to an activating group) is 1. The van der Waals surface area contributed by atoms with Crippen LogP contribution in [0.2, 0.25) is 0 Å². The number of alkyl halides is 2. The molecule has 1 N–H and O–H groups in total. The summed E-state index contributed by atoms with van der Waals surface area (Å²) in [7, 11) is 1.54. The number of amides is 1. The van der Waals surface area contributed by atoms with Crippen molar-refractivity contribution in [2.75, 3.05) is 23.9 Å². The average molecular weight is 497 g/mol. The molecular formula is C28H34F2N4O2. The minimum atomic E-state index is -2.93. The van der Waals surface area contributed by atoms with E-state index in [9.17, 15) is 13.6 Å². The summed E-state index contributed by atoms with van der Waals surface area (Å²) >= 11 is 0. The average Bonchev–Trinajstić information content (AvgIpc) is 3.05. The van der Waals surface area contributed by atoms with Gasteiger partial charge in [0.15, 0.2) is 11.4 Å². The van der Waals surface area contributed by atoms with E-state index in [1.807, 2.05) is 39.0 Å². The molecule has 1 aliphatic rings. The molecule has 0 radical (unpaired) electrons. The van der Waals surface area contributed by atoms with Crippen LogP contribution in [0.4, 0.5) is 20.3 Å². The van der Waals surface area contributed by atoms with Crippen molar-refractivity contribution in [3.8, 4) is 0 Å². The van der Waals surface area contributed by atoms with E-state index in [0.29, 0.717) is 17.9 Å². The maximum absolute atomic E-state index is 14.9. The molecule has 36 heavy (non-hydrogen) atoms. The normalized spacial score (nSPS) is 18.8. The first kappa shape index (κ1) is 25.9. The first-order valence-electron chi connectivity index (χ1n) is 12.3. The van der Waals surface area contributed by atoms with Crippen molar-refractivity contribution >= 4 is 28.2 Å². The van der Waals surface area contributed by atoms with E-state index in [1.165, 1.54) is 27.0 Å². The maximum Gasteiger partial charge on any atom is 0.275 e. The van der Waals surface area contributed by atoms with Crippen molar-refractivity contribution < 1.29 is 18.3 Å². The van der Waals surface area contributed by atoms with Gasteiger partial charge < -0.3 is 15.0 Å². The molecule has 2 atom stereocenters. The van der Waals surface area contributed by atoms with Crippen molar-refractivity contribution in [3.63, 3.8) is 0 Å². The number of carbonyl (C=O) groups is 1. The molecule has 0 fully saturated rings. The van der Waals surface area contributed by atoms with Crippen molar-refractivity contribution in [3.05, 3.63) is 58.3 Å². The highest BCUT2D eigenvalue weighted by Crippen LogP contribution is 2.45. The molecule has 4 rings (SSSR count). The number of ether oxygens (including phenoxy) is 1. The second-order valence-corrected chi connectivity index (χ2v) is 10.00. The summed E-state index contributed by atoms with van der Waals surface area (Å²) in [5.41, 5.74) is 2.58.